The highest BCUT2D eigenvalue weighted by Crippen LogP contribution is 1.93. The van der Waals surface area contributed by atoms with Crippen LogP contribution in [0.1, 0.15) is 13.8 Å². The monoisotopic (exact) mass is 145 g/mol. The Morgan fingerprint density at radius 1 is 1.78 bits per heavy atom. The van der Waals surface area contributed by atoms with E-state index in [4.69, 9.17) is 4.74 Å². The van der Waals surface area contributed by atoms with Crippen LogP contribution in [0.5, 0.6) is 0 Å². The number of methoxy groups -OCH3 is 1. The maximum Gasteiger partial charge on any atom is 0.371 e. The van der Waals surface area contributed by atoms with Gasteiger partial charge in [-0.2, -0.15) is 0 Å². The molecule has 0 aromatic heterocycles. The Morgan fingerprint density at radius 2 is 2.22 bits per heavy atom. The van der Waals surface area contributed by atoms with Crippen molar-refractivity contribution in [1.82, 2.24) is 3.88 Å². The number of carbonyl (C=O) groups excluding carboxylic acids is 1. The standard InChI is InChI=1S/C5H11NO2.Al.2H/c1-4(7)6-5(2)8-3;;;/h5H,1-3H3,(H,6,7);;;/q;+1;;/p-1. The van der Waals surface area contributed by atoms with E-state index < -0.39 is 0 Å². The van der Waals surface area contributed by atoms with Gasteiger partial charge < -0.3 is 8.62 Å². The van der Waals surface area contributed by atoms with E-state index in [1.807, 2.05) is 6.92 Å². The molecule has 3 nitrogen and oxygen atoms in total. The van der Waals surface area contributed by atoms with Crippen molar-refractivity contribution < 1.29 is 9.53 Å². The molecule has 0 aliphatic carbocycles. The molecule has 0 N–H and O–H groups in total. The molecule has 52 valence electrons. The van der Waals surface area contributed by atoms with Gasteiger partial charge in [-0.3, -0.25) is 4.79 Å². The first kappa shape index (κ1) is 8.96. The summed E-state index contributed by atoms with van der Waals surface area (Å²) in [6.45, 7) is 3.40. The van der Waals surface area contributed by atoms with Crippen LogP contribution in [-0.4, -0.2) is 39.6 Å². The molecular formula is C5H12AlNO2. The molecule has 0 aromatic carbocycles. The summed E-state index contributed by atoms with van der Waals surface area (Å²) in [5.41, 5.74) is 0. The second-order valence-electron chi connectivity index (χ2n) is 1.96. The summed E-state index contributed by atoms with van der Waals surface area (Å²) in [5.74, 6) is 0.0796. The SMILES string of the molecule is COC(C)[N]([AlH2])C(C)=O. The van der Waals surface area contributed by atoms with Gasteiger partial charge in [0.05, 0.1) is 0 Å². The van der Waals surface area contributed by atoms with E-state index in [1.165, 1.54) is 0 Å². The second-order valence-corrected chi connectivity index (χ2v) is 2.93. The number of rotatable bonds is 2. The molecule has 0 rings (SSSR count). The van der Waals surface area contributed by atoms with Gasteiger partial charge in [0.2, 0.25) is 0 Å². The molecule has 0 aromatic rings. The molecule has 0 spiro atoms. The number of nitrogens with zero attached hydrogens (tertiary/aromatic N) is 1. The molecule has 1 amide bonds. The highest BCUT2D eigenvalue weighted by molar-refractivity contribution is 6.13. The molecule has 0 aliphatic rings. The minimum atomic E-state index is -0.0610. The van der Waals surface area contributed by atoms with E-state index >= 15 is 0 Å². The van der Waals surface area contributed by atoms with Crippen LogP contribution in [0.15, 0.2) is 0 Å². The Balaban J connectivity index is 3.72. The lowest BCUT2D eigenvalue weighted by Gasteiger charge is -2.23. The average molecular weight is 145 g/mol. The van der Waals surface area contributed by atoms with Gasteiger partial charge in [0, 0.05) is 14.0 Å². The fourth-order valence-corrected chi connectivity index (χ4v) is 0.625. The maximum atomic E-state index is 10.6. The smallest absolute Gasteiger partial charge is 0.371 e. The van der Waals surface area contributed by atoms with Crippen molar-refractivity contribution in [2.45, 2.75) is 20.1 Å². The normalized spacial score (nSPS) is 12.8. The van der Waals surface area contributed by atoms with Crippen LogP contribution < -0.4 is 0 Å². The third kappa shape index (κ3) is 2.85. The molecular weight excluding hydrogens is 133 g/mol. The first-order valence-electron chi connectivity index (χ1n) is 2.85. The first-order chi connectivity index (χ1) is 4.09. The van der Waals surface area contributed by atoms with E-state index in [-0.39, 0.29) is 12.1 Å². The van der Waals surface area contributed by atoms with Gasteiger partial charge in [0.15, 0.2) is 5.91 Å². The Morgan fingerprint density at radius 3 is 2.33 bits per heavy atom. The second kappa shape index (κ2) is 3.89. The van der Waals surface area contributed by atoms with Crippen LogP contribution in [0.4, 0.5) is 0 Å². The summed E-state index contributed by atoms with van der Waals surface area (Å²) in [7, 11) is 1.60. The lowest BCUT2D eigenvalue weighted by atomic mass is 10.6. The van der Waals surface area contributed by atoms with Crippen LogP contribution >= 0.6 is 0 Å². The molecule has 0 heterocycles. The van der Waals surface area contributed by atoms with Gasteiger partial charge in [0.1, 0.15) is 6.23 Å². The third-order valence-corrected chi connectivity index (χ3v) is 2.74. The first-order valence-corrected chi connectivity index (χ1v) is 3.75. The third-order valence-electron chi connectivity index (χ3n) is 1.38. The molecule has 1 unspecified atom stereocenters. The van der Waals surface area contributed by atoms with Crippen molar-refractivity contribution in [1.29, 1.82) is 0 Å². The highest BCUT2D eigenvalue weighted by Gasteiger charge is 2.07. The van der Waals surface area contributed by atoms with Crippen LogP contribution in [0.2, 0.25) is 0 Å². The zero-order valence-corrected chi connectivity index (χ0v) is 8.34. The molecule has 0 saturated carbocycles. The maximum absolute atomic E-state index is 10.6. The van der Waals surface area contributed by atoms with Crippen molar-refractivity contribution in [2.24, 2.45) is 0 Å². The number of hydrogen-bond acceptors (Lipinski definition) is 2. The Kier molecular flexibility index (Phi) is 3.87. The van der Waals surface area contributed by atoms with E-state index in [1.54, 1.807) is 17.9 Å². The Bertz CT molecular complexity index is 107. The van der Waals surface area contributed by atoms with Crippen molar-refractivity contribution in [2.75, 3.05) is 7.11 Å². The lowest BCUT2D eigenvalue weighted by Crippen LogP contribution is -2.35. The molecule has 0 aliphatic heterocycles. The predicted octanol–water partition coefficient (Wildman–Crippen LogP) is -0.625. The van der Waals surface area contributed by atoms with Crippen molar-refractivity contribution in [3.05, 3.63) is 0 Å². The number of carbonyl (C=O) groups is 1. The zero-order chi connectivity index (χ0) is 7.44. The van der Waals surface area contributed by atoms with Crippen LogP contribution in [0.3, 0.4) is 0 Å². The quantitative estimate of drug-likeness (QED) is 0.382. The minimum Gasteiger partial charge on any atom is -0.419 e. The fraction of sp³-hybridized carbons (Fsp3) is 0.800. The largest absolute Gasteiger partial charge is 0.419 e. The summed E-state index contributed by atoms with van der Waals surface area (Å²) in [5, 5.41) is 0. The highest BCUT2D eigenvalue weighted by atomic mass is 27.1. The molecule has 9 heavy (non-hydrogen) atoms. The van der Waals surface area contributed by atoms with Gasteiger partial charge in [-0.15, -0.1) is 0 Å². The number of hydrogen-bond donors (Lipinski definition) is 0. The number of ether oxygens (including phenoxy) is 1. The van der Waals surface area contributed by atoms with Gasteiger partial charge in [-0.1, -0.05) is 0 Å². The topological polar surface area (TPSA) is 29.5 Å². The van der Waals surface area contributed by atoms with Crippen molar-refractivity contribution >= 4 is 22.4 Å². The average Bonchev–Trinajstić information content (AvgIpc) is 1.84. The van der Waals surface area contributed by atoms with Gasteiger partial charge in [-0.25, -0.2) is 0 Å². The van der Waals surface area contributed by atoms with Crippen LogP contribution in [0.25, 0.3) is 0 Å². The lowest BCUT2D eigenvalue weighted by molar-refractivity contribution is -0.131. The van der Waals surface area contributed by atoms with E-state index in [0.29, 0.717) is 0 Å². The van der Waals surface area contributed by atoms with Crippen molar-refractivity contribution in [3.8, 4) is 0 Å². The van der Waals surface area contributed by atoms with E-state index in [0.717, 1.165) is 16.5 Å². The van der Waals surface area contributed by atoms with Crippen molar-refractivity contribution in [3.63, 3.8) is 0 Å². The molecule has 0 saturated heterocycles. The zero-order valence-electron chi connectivity index (χ0n) is 6.34. The summed E-state index contributed by atoms with van der Waals surface area (Å²) in [6.07, 6.45) is -0.0610. The summed E-state index contributed by atoms with van der Waals surface area (Å²) < 4.78 is 6.58. The number of amides is 1. The van der Waals surface area contributed by atoms with Gasteiger partial charge in [-0.05, 0) is 6.92 Å². The summed E-state index contributed by atoms with van der Waals surface area (Å²) in [4.78, 5) is 10.6. The fourth-order valence-electron chi connectivity index (χ4n) is 0.414. The van der Waals surface area contributed by atoms with Crippen LogP contribution in [-0.2, 0) is 9.53 Å². The van der Waals surface area contributed by atoms with Gasteiger partial charge >= 0.3 is 16.5 Å². The summed E-state index contributed by atoms with van der Waals surface area (Å²) in [6, 6.07) is 0. The summed E-state index contributed by atoms with van der Waals surface area (Å²) >= 11 is 0.726. The molecule has 0 fully saturated rings. The molecule has 0 radical (unpaired) electrons. The Hall–Kier alpha value is -0.0375. The minimum absolute atomic E-state index is 0.0610. The predicted molar refractivity (Wildman–Crippen MR) is 37.5 cm³/mol. The molecule has 4 heteroatoms. The van der Waals surface area contributed by atoms with E-state index in [9.17, 15) is 4.79 Å². The Labute approximate surface area is 63.6 Å². The van der Waals surface area contributed by atoms with E-state index in [2.05, 4.69) is 0 Å². The molecule has 0 bridgehead atoms. The molecule has 1 atom stereocenters. The van der Waals surface area contributed by atoms with Crippen LogP contribution in [0, 0.1) is 0 Å². The van der Waals surface area contributed by atoms with Gasteiger partial charge in [0.25, 0.3) is 0 Å².